The standard InChI is InChI=1S/C7H13NO/c1-2-3-4-5-7(8)6-9/h2,6-7H,1,3-5,8H2. The third kappa shape index (κ3) is 5.24. The summed E-state index contributed by atoms with van der Waals surface area (Å²) in [6, 6.07) is -0.273. The van der Waals surface area contributed by atoms with E-state index in [9.17, 15) is 4.79 Å². The van der Waals surface area contributed by atoms with E-state index in [2.05, 4.69) is 6.58 Å². The average molecular weight is 127 g/mol. The van der Waals surface area contributed by atoms with Crippen LogP contribution in [0.5, 0.6) is 0 Å². The molecule has 0 heterocycles. The van der Waals surface area contributed by atoms with Crippen LogP contribution in [-0.2, 0) is 4.79 Å². The highest BCUT2D eigenvalue weighted by Crippen LogP contribution is 1.96. The molecule has 0 radical (unpaired) electrons. The van der Waals surface area contributed by atoms with Gasteiger partial charge in [-0.2, -0.15) is 0 Å². The Hall–Kier alpha value is -0.630. The third-order valence-corrected chi connectivity index (χ3v) is 1.12. The van der Waals surface area contributed by atoms with E-state index in [1.807, 2.05) is 6.08 Å². The second-order valence-corrected chi connectivity index (χ2v) is 2.02. The van der Waals surface area contributed by atoms with Crippen molar-refractivity contribution in [3.63, 3.8) is 0 Å². The Labute approximate surface area is 55.7 Å². The molecule has 0 aromatic rings. The second-order valence-electron chi connectivity index (χ2n) is 2.02. The lowest BCUT2D eigenvalue weighted by Crippen LogP contribution is -2.20. The smallest absolute Gasteiger partial charge is 0.136 e. The topological polar surface area (TPSA) is 43.1 Å². The Morgan fingerprint density at radius 3 is 2.78 bits per heavy atom. The number of hydrogen-bond acceptors (Lipinski definition) is 2. The number of carbonyl (C=O) groups excluding carboxylic acids is 1. The molecule has 0 saturated heterocycles. The zero-order valence-electron chi connectivity index (χ0n) is 5.55. The lowest BCUT2D eigenvalue weighted by molar-refractivity contribution is -0.109. The highest BCUT2D eigenvalue weighted by Gasteiger charge is 1.96. The predicted octanol–water partition coefficient (Wildman–Crippen LogP) is 0.869. The molecule has 0 amide bonds. The van der Waals surface area contributed by atoms with Gasteiger partial charge in [0, 0.05) is 0 Å². The van der Waals surface area contributed by atoms with Crippen molar-refractivity contribution in [3.8, 4) is 0 Å². The zero-order valence-corrected chi connectivity index (χ0v) is 5.55. The van der Waals surface area contributed by atoms with Gasteiger partial charge in [0.15, 0.2) is 0 Å². The summed E-state index contributed by atoms with van der Waals surface area (Å²) in [5.41, 5.74) is 5.31. The van der Waals surface area contributed by atoms with Crippen LogP contribution in [0.25, 0.3) is 0 Å². The molecule has 0 saturated carbocycles. The first-order valence-corrected chi connectivity index (χ1v) is 3.13. The van der Waals surface area contributed by atoms with Crippen LogP contribution in [0.15, 0.2) is 12.7 Å². The molecule has 0 aromatic carbocycles. The number of hydrogen-bond donors (Lipinski definition) is 1. The van der Waals surface area contributed by atoms with Crippen molar-refractivity contribution < 1.29 is 4.79 Å². The minimum atomic E-state index is -0.273. The summed E-state index contributed by atoms with van der Waals surface area (Å²) in [5, 5.41) is 0. The molecule has 0 aliphatic carbocycles. The molecule has 1 atom stereocenters. The quantitative estimate of drug-likeness (QED) is 0.338. The molecule has 0 spiro atoms. The summed E-state index contributed by atoms with van der Waals surface area (Å²) in [6.07, 6.45) is 5.29. The summed E-state index contributed by atoms with van der Waals surface area (Å²) in [6.45, 7) is 3.55. The Kier molecular flexibility index (Phi) is 5.12. The lowest BCUT2D eigenvalue weighted by atomic mass is 10.1. The van der Waals surface area contributed by atoms with Crippen LogP contribution in [0.3, 0.4) is 0 Å². The molecule has 0 aliphatic heterocycles. The number of allylic oxidation sites excluding steroid dienone is 1. The first-order chi connectivity index (χ1) is 4.31. The Morgan fingerprint density at radius 2 is 2.33 bits per heavy atom. The minimum Gasteiger partial charge on any atom is -0.322 e. The van der Waals surface area contributed by atoms with E-state index < -0.39 is 0 Å². The van der Waals surface area contributed by atoms with Crippen molar-refractivity contribution in [2.24, 2.45) is 5.73 Å². The van der Waals surface area contributed by atoms with Crippen LogP contribution in [-0.4, -0.2) is 12.3 Å². The number of rotatable bonds is 5. The van der Waals surface area contributed by atoms with E-state index in [1.165, 1.54) is 0 Å². The fraction of sp³-hybridized carbons (Fsp3) is 0.571. The Morgan fingerprint density at radius 1 is 1.67 bits per heavy atom. The summed E-state index contributed by atoms with van der Waals surface area (Å²) in [4.78, 5) is 9.95. The molecule has 0 aromatic heterocycles. The van der Waals surface area contributed by atoms with Gasteiger partial charge in [-0.05, 0) is 19.3 Å². The number of unbranched alkanes of at least 4 members (excludes halogenated alkanes) is 1. The van der Waals surface area contributed by atoms with E-state index in [4.69, 9.17) is 5.73 Å². The largest absolute Gasteiger partial charge is 0.322 e. The SMILES string of the molecule is C=CCCCC(N)C=O. The highest BCUT2D eigenvalue weighted by molar-refractivity contribution is 5.56. The van der Waals surface area contributed by atoms with Gasteiger partial charge in [0.25, 0.3) is 0 Å². The fourth-order valence-electron chi connectivity index (χ4n) is 0.566. The average Bonchev–Trinajstić information content (AvgIpc) is 1.89. The van der Waals surface area contributed by atoms with Crippen LogP contribution in [0.2, 0.25) is 0 Å². The van der Waals surface area contributed by atoms with Gasteiger partial charge in [-0.25, -0.2) is 0 Å². The van der Waals surface area contributed by atoms with Gasteiger partial charge in [0.1, 0.15) is 6.29 Å². The van der Waals surface area contributed by atoms with Gasteiger partial charge in [-0.1, -0.05) is 6.08 Å². The summed E-state index contributed by atoms with van der Waals surface area (Å²) < 4.78 is 0. The third-order valence-electron chi connectivity index (χ3n) is 1.12. The second kappa shape index (κ2) is 5.51. The highest BCUT2D eigenvalue weighted by atomic mass is 16.1. The zero-order chi connectivity index (χ0) is 7.11. The molecule has 0 bridgehead atoms. The predicted molar refractivity (Wildman–Crippen MR) is 38.1 cm³/mol. The van der Waals surface area contributed by atoms with Crippen molar-refractivity contribution >= 4 is 6.29 Å². The first-order valence-electron chi connectivity index (χ1n) is 3.13. The maximum absolute atomic E-state index is 9.95. The summed E-state index contributed by atoms with van der Waals surface area (Å²) in [5.74, 6) is 0. The molecule has 9 heavy (non-hydrogen) atoms. The van der Waals surface area contributed by atoms with E-state index in [0.29, 0.717) is 0 Å². The molecule has 1 unspecified atom stereocenters. The normalized spacial score (nSPS) is 12.6. The molecule has 0 rings (SSSR count). The monoisotopic (exact) mass is 127 g/mol. The van der Waals surface area contributed by atoms with Gasteiger partial charge >= 0.3 is 0 Å². The first kappa shape index (κ1) is 8.37. The molecule has 0 aliphatic rings. The van der Waals surface area contributed by atoms with Crippen molar-refractivity contribution in [2.45, 2.75) is 25.3 Å². The summed E-state index contributed by atoms with van der Waals surface area (Å²) in [7, 11) is 0. The Balaban J connectivity index is 3.05. The van der Waals surface area contributed by atoms with Crippen molar-refractivity contribution in [1.29, 1.82) is 0 Å². The molecule has 2 N–H and O–H groups in total. The van der Waals surface area contributed by atoms with Crippen LogP contribution >= 0.6 is 0 Å². The van der Waals surface area contributed by atoms with Crippen LogP contribution in [0, 0.1) is 0 Å². The number of nitrogens with two attached hydrogens (primary N) is 1. The van der Waals surface area contributed by atoms with E-state index in [0.717, 1.165) is 25.5 Å². The molecular formula is C7H13NO. The van der Waals surface area contributed by atoms with E-state index in [1.54, 1.807) is 0 Å². The van der Waals surface area contributed by atoms with Crippen LogP contribution in [0.1, 0.15) is 19.3 Å². The number of carbonyl (C=O) groups is 1. The van der Waals surface area contributed by atoms with Gasteiger partial charge in [-0.15, -0.1) is 6.58 Å². The summed E-state index contributed by atoms with van der Waals surface area (Å²) >= 11 is 0. The molecule has 0 fully saturated rings. The molecule has 52 valence electrons. The maximum atomic E-state index is 9.95. The van der Waals surface area contributed by atoms with E-state index >= 15 is 0 Å². The van der Waals surface area contributed by atoms with Crippen molar-refractivity contribution in [3.05, 3.63) is 12.7 Å². The molecule has 2 heteroatoms. The van der Waals surface area contributed by atoms with Gasteiger partial charge in [0.2, 0.25) is 0 Å². The van der Waals surface area contributed by atoms with Crippen molar-refractivity contribution in [2.75, 3.05) is 0 Å². The Bertz CT molecular complexity index is 90.9. The lowest BCUT2D eigenvalue weighted by Gasteiger charge is -1.98. The minimum absolute atomic E-state index is 0.273. The molecular weight excluding hydrogens is 114 g/mol. The van der Waals surface area contributed by atoms with Gasteiger partial charge in [-0.3, -0.25) is 0 Å². The van der Waals surface area contributed by atoms with Crippen molar-refractivity contribution in [1.82, 2.24) is 0 Å². The van der Waals surface area contributed by atoms with Crippen LogP contribution < -0.4 is 5.73 Å². The van der Waals surface area contributed by atoms with Crippen LogP contribution in [0.4, 0.5) is 0 Å². The fourth-order valence-corrected chi connectivity index (χ4v) is 0.566. The maximum Gasteiger partial charge on any atom is 0.136 e. The number of aldehydes is 1. The van der Waals surface area contributed by atoms with Gasteiger partial charge in [0.05, 0.1) is 6.04 Å². The molecule has 2 nitrogen and oxygen atoms in total. The van der Waals surface area contributed by atoms with Gasteiger partial charge < -0.3 is 10.5 Å². The van der Waals surface area contributed by atoms with E-state index in [-0.39, 0.29) is 6.04 Å².